The van der Waals surface area contributed by atoms with Crippen LogP contribution in [0.25, 0.3) is 11.3 Å². The number of imidazole rings is 1. The summed E-state index contributed by atoms with van der Waals surface area (Å²) in [7, 11) is 0. The maximum Gasteiger partial charge on any atom is 0.406 e. The number of pyridine rings is 1. The van der Waals surface area contributed by atoms with E-state index in [-0.39, 0.29) is 5.75 Å². The minimum Gasteiger partial charge on any atom is -0.478 e. The molecule has 9 nitrogen and oxygen atoms in total. The lowest BCUT2D eigenvalue weighted by Gasteiger charge is -2.18. The molecule has 4 rings (SSSR count). The Morgan fingerprint density at radius 1 is 1.38 bits per heavy atom. The Labute approximate surface area is 205 Å². The standard InChI is InChI=1S/C22H16BrFN6O3S/c1-12(33-19-5-14(23)8-26-22(19)30(31)32)18-6-15(24)3-4-17(18)21-20(34-13(2)28-21)10-29-9-16(7-25)27-11-29/h3-6,8-9,11-12H,10H2,1-2H3. The minimum absolute atomic E-state index is 0.0424. The molecule has 3 aromatic heterocycles. The Balaban J connectivity index is 1.74. The second-order valence-corrected chi connectivity index (χ2v) is 9.48. The molecule has 0 aliphatic heterocycles. The molecule has 0 spiro atoms. The zero-order valence-corrected chi connectivity index (χ0v) is 20.3. The third-order valence-electron chi connectivity index (χ3n) is 4.86. The van der Waals surface area contributed by atoms with Crippen molar-refractivity contribution in [1.29, 1.82) is 5.26 Å². The Morgan fingerprint density at radius 3 is 2.88 bits per heavy atom. The van der Waals surface area contributed by atoms with Crippen LogP contribution >= 0.6 is 27.3 Å². The van der Waals surface area contributed by atoms with Crippen LogP contribution in [0.15, 0.2) is 47.5 Å². The lowest BCUT2D eigenvalue weighted by atomic mass is 9.99. The number of aromatic nitrogens is 4. The van der Waals surface area contributed by atoms with Gasteiger partial charge in [0, 0.05) is 23.4 Å². The number of aryl methyl sites for hydroxylation is 1. The van der Waals surface area contributed by atoms with Gasteiger partial charge in [-0.3, -0.25) is 0 Å². The third kappa shape index (κ3) is 4.95. The van der Waals surface area contributed by atoms with Gasteiger partial charge in [-0.1, -0.05) is 0 Å². The van der Waals surface area contributed by atoms with Crippen LogP contribution in [0.2, 0.25) is 0 Å². The molecule has 12 heteroatoms. The normalized spacial score (nSPS) is 11.7. The van der Waals surface area contributed by atoms with E-state index in [1.807, 2.05) is 13.0 Å². The fraction of sp³-hybridized carbons (Fsp3) is 0.182. The van der Waals surface area contributed by atoms with Crippen LogP contribution in [0.1, 0.15) is 34.2 Å². The van der Waals surface area contributed by atoms with Crippen molar-refractivity contribution in [3.05, 3.63) is 84.5 Å². The first kappa shape index (κ1) is 23.5. The number of rotatable bonds is 7. The summed E-state index contributed by atoms with van der Waals surface area (Å²) in [6, 6.07) is 7.73. The molecule has 0 aliphatic carbocycles. The summed E-state index contributed by atoms with van der Waals surface area (Å²) in [5.41, 5.74) is 2.06. The van der Waals surface area contributed by atoms with Crippen molar-refractivity contribution < 1.29 is 14.1 Å². The number of hydrogen-bond donors (Lipinski definition) is 0. The zero-order chi connectivity index (χ0) is 24.4. The number of nitrogens with zero attached hydrogens (tertiary/aromatic N) is 6. The summed E-state index contributed by atoms with van der Waals surface area (Å²) < 4.78 is 22.5. The molecule has 172 valence electrons. The molecule has 0 amide bonds. The monoisotopic (exact) mass is 542 g/mol. The fourth-order valence-corrected chi connectivity index (χ4v) is 4.70. The molecule has 4 aromatic rings. The molecule has 0 N–H and O–H groups in total. The fourth-order valence-electron chi connectivity index (χ4n) is 3.43. The number of nitriles is 1. The first-order chi connectivity index (χ1) is 16.2. The van der Waals surface area contributed by atoms with Crippen molar-refractivity contribution in [3.8, 4) is 23.1 Å². The number of hydrogen-bond acceptors (Lipinski definition) is 8. The van der Waals surface area contributed by atoms with Gasteiger partial charge < -0.3 is 19.4 Å². The highest BCUT2D eigenvalue weighted by Gasteiger charge is 2.24. The van der Waals surface area contributed by atoms with Gasteiger partial charge in [0.1, 0.15) is 18.0 Å². The first-order valence-electron chi connectivity index (χ1n) is 9.89. The van der Waals surface area contributed by atoms with Crippen molar-refractivity contribution in [2.75, 3.05) is 0 Å². The summed E-state index contributed by atoms with van der Waals surface area (Å²) in [5.74, 6) is -0.955. The topological polar surface area (TPSA) is 120 Å². The molecule has 0 saturated carbocycles. The number of halogens is 2. The smallest absolute Gasteiger partial charge is 0.406 e. The van der Waals surface area contributed by atoms with E-state index in [0.717, 1.165) is 9.88 Å². The molecule has 0 radical (unpaired) electrons. The number of nitro groups is 1. The number of benzene rings is 1. The molecular formula is C22H16BrFN6O3S. The van der Waals surface area contributed by atoms with E-state index < -0.39 is 22.7 Å². The van der Waals surface area contributed by atoms with Gasteiger partial charge in [-0.05, 0) is 57.9 Å². The first-order valence-corrected chi connectivity index (χ1v) is 11.5. The van der Waals surface area contributed by atoms with Crippen LogP contribution < -0.4 is 4.74 Å². The van der Waals surface area contributed by atoms with Gasteiger partial charge in [0.15, 0.2) is 11.9 Å². The lowest BCUT2D eigenvalue weighted by Crippen LogP contribution is -2.08. The molecule has 0 aliphatic rings. The maximum absolute atomic E-state index is 14.3. The van der Waals surface area contributed by atoms with Gasteiger partial charge in [-0.25, -0.2) is 14.4 Å². The van der Waals surface area contributed by atoms with Crippen LogP contribution in [0.4, 0.5) is 10.2 Å². The van der Waals surface area contributed by atoms with E-state index in [9.17, 15) is 14.5 Å². The highest BCUT2D eigenvalue weighted by molar-refractivity contribution is 9.10. The Hall–Kier alpha value is -3.69. The van der Waals surface area contributed by atoms with Gasteiger partial charge in [0.05, 0.1) is 32.9 Å². The van der Waals surface area contributed by atoms with E-state index in [1.54, 1.807) is 30.1 Å². The Bertz CT molecular complexity index is 1430. The Morgan fingerprint density at radius 2 is 2.18 bits per heavy atom. The van der Waals surface area contributed by atoms with Crippen LogP contribution in [-0.4, -0.2) is 24.4 Å². The highest BCUT2D eigenvalue weighted by Crippen LogP contribution is 2.37. The SMILES string of the molecule is Cc1nc(-c2ccc(F)cc2C(C)Oc2cc(Br)cnc2[N+](=O)[O-])c(Cn2cnc(C#N)c2)s1. The molecule has 1 unspecified atom stereocenters. The van der Waals surface area contributed by atoms with Crippen molar-refractivity contribution in [3.63, 3.8) is 0 Å². The third-order valence-corrected chi connectivity index (χ3v) is 6.25. The molecule has 34 heavy (non-hydrogen) atoms. The van der Waals surface area contributed by atoms with Gasteiger partial charge in [-0.2, -0.15) is 5.26 Å². The minimum atomic E-state index is -0.756. The molecule has 1 atom stereocenters. The predicted octanol–water partition coefficient (Wildman–Crippen LogP) is 5.58. The van der Waals surface area contributed by atoms with Gasteiger partial charge >= 0.3 is 5.82 Å². The van der Waals surface area contributed by atoms with Crippen LogP contribution in [0.5, 0.6) is 5.75 Å². The number of thiazole rings is 1. The van der Waals surface area contributed by atoms with Crippen molar-refractivity contribution in [1.82, 2.24) is 19.5 Å². The lowest BCUT2D eigenvalue weighted by molar-refractivity contribution is -0.390. The zero-order valence-electron chi connectivity index (χ0n) is 17.9. The van der Waals surface area contributed by atoms with Gasteiger partial charge in [0.2, 0.25) is 5.75 Å². The average molecular weight is 543 g/mol. The molecule has 0 bridgehead atoms. The summed E-state index contributed by atoms with van der Waals surface area (Å²) in [5, 5.41) is 21.2. The molecule has 3 heterocycles. The van der Waals surface area contributed by atoms with Crippen LogP contribution in [0.3, 0.4) is 0 Å². The molecular weight excluding hydrogens is 527 g/mol. The van der Waals surface area contributed by atoms with E-state index in [2.05, 4.69) is 30.9 Å². The molecule has 0 saturated heterocycles. The molecule has 1 aromatic carbocycles. The van der Waals surface area contributed by atoms with Crippen molar-refractivity contribution in [2.45, 2.75) is 26.5 Å². The quantitative estimate of drug-likeness (QED) is 0.221. The predicted molar refractivity (Wildman–Crippen MR) is 126 cm³/mol. The summed E-state index contributed by atoms with van der Waals surface area (Å²) in [6.45, 7) is 3.96. The van der Waals surface area contributed by atoms with E-state index in [4.69, 9.17) is 10.00 Å². The van der Waals surface area contributed by atoms with E-state index >= 15 is 0 Å². The van der Waals surface area contributed by atoms with E-state index in [1.165, 1.54) is 35.7 Å². The average Bonchev–Trinajstić information content (AvgIpc) is 3.39. The highest BCUT2D eigenvalue weighted by atomic mass is 79.9. The van der Waals surface area contributed by atoms with Gasteiger partial charge in [0.25, 0.3) is 0 Å². The van der Waals surface area contributed by atoms with Crippen molar-refractivity contribution >= 4 is 33.1 Å². The second-order valence-electron chi connectivity index (χ2n) is 7.27. The van der Waals surface area contributed by atoms with Crippen LogP contribution in [0, 0.1) is 34.2 Å². The summed E-state index contributed by atoms with van der Waals surface area (Å²) in [6.07, 6.45) is 3.75. The van der Waals surface area contributed by atoms with E-state index in [0.29, 0.717) is 33.5 Å². The maximum atomic E-state index is 14.3. The number of ether oxygens (including phenoxy) is 1. The Kier molecular flexibility index (Phi) is 6.67. The van der Waals surface area contributed by atoms with Crippen molar-refractivity contribution in [2.24, 2.45) is 0 Å². The van der Waals surface area contributed by atoms with Crippen LogP contribution in [-0.2, 0) is 6.54 Å². The summed E-state index contributed by atoms with van der Waals surface area (Å²) in [4.78, 5) is 24.1. The summed E-state index contributed by atoms with van der Waals surface area (Å²) >= 11 is 4.72. The van der Waals surface area contributed by atoms with Gasteiger partial charge in [-0.15, -0.1) is 11.3 Å². The largest absolute Gasteiger partial charge is 0.478 e. The second kappa shape index (κ2) is 9.66. The molecule has 0 fully saturated rings.